The lowest BCUT2D eigenvalue weighted by atomic mass is 10.0. The van der Waals surface area contributed by atoms with Crippen molar-refractivity contribution in [1.82, 2.24) is 15.5 Å². The molecular weight excluding hydrogens is 427 g/mol. The number of hydrogen-bond acceptors (Lipinski definition) is 3. The Morgan fingerprint density at radius 2 is 1.88 bits per heavy atom. The number of piperidine rings is 1. The lowest BCUT2D eigenvalue weighted by Gasteiger charge is -2.34. The normalized spacial score (nSPS) is 22.9. The van der Waals surface area contributed by atoms with E-state index < -0.39 is 0 Å². The zero-order valence-corrected chi connectivity index (χ0v) is 18.8. The average Bonchev–Trinajstić information content (AvgIpc) is 3.10. The minimum Gasteiger partial charge on any atom is -0.381 e. The highest BCUT2D eigenvalue weighted by atomic mass is 127. The van der Waals surface area contributed by atoms with Crippen LogP contribution in [0.25, 0.3) is 0 Å². The Balaban J connectivity index is 0.00000312. The van der Waals surface area contributed by atoms with E-state index in [9.17, 15) is 0 Å². The van der Waals surface area contributed by atoms with Crippen LogP contribution < -0.4 is 10.6 Å². The van der Waals surface area contributed by atoms with Crippen LogP contribution in [0.5, 0.6) is 0 Å². The minimum absolute atomic E-state index is 0. The van der Waals surface area contributed by atoms with Gasteiger partial charge in [-0.3, -0.25) is 4.99 Å². The standard InChI is InChI=1S/C19H38N4O.HI/c1-4-16(5-2)13-21-19(20-6-3)22-18-7-10-23(11-8-18)14-17-9-12-24-15-17;/h16-18H,4-15H2,1-3H3,(H2,20,21,22);1H. The van der Waals surface area contributed by atoms with Crippen molar-refractivity contribution in [2.24, 2.45) is 16.8 Å². The van der Waals surface area contributed by atoms with Crippen molar-refractivity contribution in [3.05, 3.63) is 0 Å². The molecule has 2 heterocycles. The number of nitrogens with one attached hydrogen (secondary N) is 2. The van der Waals surface area contributed by atoms with Gasteiger partial charge in [-0.05, 0) is 38.0 Å². The van der Waals surface area contributed by atoms with Crippen molar-refractivity contribution in [3.63, 3.8) is 0 Å². The molecule has 25 heavy (non-hydrogen) atoms. The number of aliphatic imine (C=N–C) groups is 1. The van der Waals surface area contributed by atoms with Gasteiger partial charge in [-0.15, -0.1) is 24.0 Å². The fraction of sp³-hybridized carbons (Fsp3) is 0.947. The summed E-state index contributed by atoms with van der Waals surface area (Å²) in [5, 5.41) is 7.07. The van der Waals surface area contributed by atoms with Crippen LogP contribution >= 0.6 is 24.0 Å². The van der Waals surface area contributed by atoms with E-state index in [0.29, 0.717) is 12.0 Å². The predicted molar refractivity (Wildman–Crippen MR) is 117 cm³/mol. The maximum atomic E-state index is 5.50. The first-order valence-corrected chi connectivity index (χ1v) is 10.1. The highest BCUT2D eigenvalue weighted by Crippen LogP contribution is 2.17. The Labute approximate surface area is 171 Å². The molecule has 0 aromatic rings. The summed E-state index contributed by atoms with van der Waals surface area (Å²) in [6.45, 7) is 14.0. The minimum atomic E-state index is 0. The predicted octanol–water partition coefficient (Wildman–Crippen LogP) is 3.10. The molecule has 6 heteroatoms. The van der Waals surface area contributed by atoms with E-state index in [1.54, 1.807) is 0 Å². The van der Waals surface area contributed by atoms with E-state index in [1.807, 2.05) is 0 Å². The molecule has 0 radical (unpaired) electrons. The van der Waals surface area contributed by atoms with Gasteiger partial charge in [-0.25, -0.2) is 0 Å². The van der Waals surface area contributed by atoms with Crippen LogP contribution in [0.4, 0.5) is 0 Å². The molecule has 1 unspecified atom stereocenters. The van der Waals surface area contributed by atoms with Crippen molar-refractivity contribution in [2.45, 2.75) is 58.9 Å². The van der Waals surface area contributed by atoms with Crippen molar-refractivity contribution < 1.29 is 4.74 Å². The van der Waals surface area contributed by atoms with E-state index >= 15 is 0 Å². The number of hydrogen-bond donors (Lipinski definition) is 2. The lowest BCUT2D eigenvalue weighted by molar-refractivity contribution is 0.150. The first kappa shape index (κ1) is 23.0. The fourth-order valence-corrected chi connectivity index (χ4v) is 3.63. The lowest BCUT2D eigenvalue weighted by Crippen LogP contribution is -2.49. The van der Waals surface area contributed by atoms with Crippen LogP contribution in [-0.4, -0.2) is 62.8 Å². The first-order chi connectivity index (χ1) is 11.7. The zero-order chi connectivity index (χ0) is 17.2. The van der Waals surface area contributed by atoms with E-state index in [1.165, 1.54) is 51.7 Å². The van der Waals surface area contributed by atoms with Gasteiger partial charge in [0, 0.05) is 45.4 Å². The third kappa shape index (κ3) is 8.43. The molecule has 5 nitrogen and oxygen atoms in total. The molecule has 2 rings (SSSR count). The number of halogens is 1. The molecule has 0 amide bonds. The van der Waals surface area contributed by atoms with Crippen molar-refractivity contribution in [1.29, 1.82) is 0 Å². The monoisotopic (exact) mass is 466 g/mol. The van der Waals surface area contributed by atoms with Crippen LogP contribution in [0.2, 0.25) is 0 Å². The van der Waals surface area contributed by atoms with Crippen LogP contribution in [-0.2, 0) is 4.74 Å². The van der Waals surface area contributed by atoms with E-state index in [0.717, 1.165) is 38.2 Å². The Hall–Kier alpha value is -0.0800. The molecular formula is C19H39IN4O. The summed E-state index contributed by atoms with van der Waals surface area (Å²) < 4.78 is 5.50. The van der Waals surface area contributed by atoms with Crippen molar-refractivity contribution in [3.8, 4) is 0 Å². The van der Waals surface area contributed by atoms with E-state index in [2.05, 4.69) is 36.3 Å². The second-order valence-corrected chi connectivity index (χ2v) is 7.35. The zero-order valence-electron chi connectivity index (χ0n) is 16.4. The summed E-state index contributed by atoms with van der Waals surface area (Å²) in [5.41, 5.74) is 0. The second-order valence-electron chi connectivity index (χ2n) is 7.35. The molecule has 2 N–H and O–H groups in total. The number of nitrogens with zero attached hydrogens (tertiary/aromatic N) is 2. The topological polar surface area (TPSA) is 48.9 Å². The maximum Gasteiger partial charge on any atom is 0.191 e. The number of rotatable bonds is 8. The summed E-state index contributed by atoms with van der Waals surface area (Å²) in [6, 6.07) is 0.556. The summed E-state index contributed by atoms with van der Waals surface area (Å²) in [4.78, 5) is 7.43. The second kappa shape index (κ2) is 13.1. The van der Waals surface area contributed by atoms with Crippen molar-refractivity contribution >= 4 is 29.9 Å². The quantitative estimate of drug-likeness (QED) is 0.328. The van der Waals surface area contributed by atoms with Crippen molar-refractivity contribution in [2.75, 3.05) is 45.9 Å². The Morgan fingerprint density at radius 1 is 1.16 bits per heavy atom. The van der Waals surface area contributed by atoms with Crippen LogP contribution in [0.3, 0.4) is 0 Å². The molecule has 0 aromatic heterocycles. The van der Waals surface area contributed by atoms with Crippen LogP contribution in [0.15, 0.2) is 4.99 Å². The average molecular weight is 466 g/mol. The van der Waals surface area contributed by atoms with Gasteiger partial charge in [0.1, 0.15) is 0 Å². The van der Waals surface area contributed by atoms with Crippen LogP contribution in [0, 0.1) is 11.8 Å². The summed E-state index contributed by atoms with van der Waals surface area (Å²) >= 11 is 0. The van der Waals surface area contributed by atoms with Gasteiger partial charge in [0.2, 0.25) is 0 Å². The van der Waals surface area contributed by atoms with E-state index in [4.69, 9.17) is 9.73 Å². The van der Waals surface area contributed by atoms with Gasteiger partial charge in [0.15, 0.2) is 5.96 Å². The summed E-state index contributed by atoms with van der Waals surface area (Å²) in [7, 11) is 0. The molecule has 2 saturated heterocycles. The Morgan fingerprint density at radius 3 is 2.44 bits per heavy atom. The Bertz CT molecular complexity index is 362. The molecule has 0 bridgehead atoms. The highest BCUT2D eigenvalue weighted by molar-refractivity contribution is 14.0. The van der Waals surface area contributed by atoms with E-state index in [-0.39, 0.29) is 24.0 Å². The Kier molecular flexibility index (Phi) is 12.1. The molecule has 2 aliphatic heterocycles. The smallest absolute Gasteiger partial charge is 0.191 e. The fourth-order valence-electron chi connectivity index (χ4n) is 3.63. The summed E-state index contributed by atoms with van der Waals surface area (Å²) in [5.74, 6) is 2.47. The third-order valence-corrected chi connectivity index (χ3v) is 5.48. The highest BCUT2D eigenvalue weighted by Gasteiger charge is 2.24. The number of likely N-dealkylation sites (tertiary alicyclic amines) is 1. The number of guanidine groups is 1. The van der Waals surface area contributed by atoms with Gasteiger partial charge in [-0.2, -0.15) is 0 Å². The molecule has 0 spiro atoms. The molecule has 1 atom stereocenters. The molecule has 148 valence electrons. The van der Waals surface area contributed by atoms with Gasteiger partial charge >= 0.3 is 0 Å². The third-order valence-electron chi connectivity index (χ3n) is 5.48. The van der Waals surface area contributed by atoms with Crippen LogP contribution in [0.1, 0.15) is 52.9 Å². The van der Waals surface area contributed by atoms with Gasteiger partial charge in [-0.1, -0.05) is 26.7 Å². The molecule has 2 aliphatic rings. The van der Waals surface area contributed by atoms with Gasteiger partial charge < -0.3 is 20.3 Å². The number of ether oxygens (including phenoxy) is 1. The summed E-state index contributed by atoms with van der Waals surface area (Å²) in [6.07, 6.45) is 6.09. The molecule has 0 aromatic carbocycles. The first-order valence-electron chi connectivity index (χ1n) is 10.1. The molecule has 2 fully saturated rings. The molecule has 0 saturated carbocycles. The largest absolute Gasteiger partial charge is 0.381 e. The maximum absolute atomic E-state index is 5.50. The van der Waals surface area contributed by atoms with Gasteiger partial charge in [0.25, 0.3) is 0 Å². The SMILES string of the molecule is CCNC(=NCC(CC)CC)NC1CCN(CC2CCOC2)CC1.I. The van der Waals surface area contributed by atoms with Gasteiger partial charge in [0.05, 0.1) is 6.61 Å². The molecule has 0 aliphatic carbocycles.